The smallest absolute Gasteiger partial charge is 0.124 e. The van der Waals surface area contributed by atoms with Gasteiger partial charge in [-0.25, -0.2) is 4.39 Å². The molecule has 1 aromatic carbocycles. The molecule has 96 valence electrons. The molecule has 0 saturated carbocycles. The van der Waals surface area contributed by atoms with E-state index >= 15 is 0 Å². The van der Waals surface area contributed by atoms with Gasteiger partial charge in [0.2, 0.25) is 0 Å². The standard InChI is InChI=1S/C13H15FIN3/c1-2-7-18-12(5-6-17-18)13(16)10-4-3-9(14)8-11(10)15/h3-6,8,13H,2,7,16H2,1H3. The van der Waals surface area contributed by atoms with E-state index in [1.807, 2.05) is 10.7 Å². The lowest BCUT2D eigenvalue weighted by atomic mass is 10.0. The number of aryl methyl sites for hydroxylation is 1. The summed E-state index contributed by atoms with van der Waals surface area (Å²) in [4.78, 5) is 0. The molecule has 2 rings (SSSR count). The summed E-state index contributed by atoms with van der Waals surface area (Å²) in [6, 6.07) is 6.32. The molecule has 0 aliphatic rings. The van der Waals surface area contributed by atoms with Crippen LogP contribution in [-0.4, -0.2) is 9.78 Å². The molecule has 0 radical (unpaired) electrons. The van der Waals surface area contributed by atoms with Crippen LogP contribution in [0.5, 0.6) is 0 Å². The molecule has 1 heterocycles. The van der Waals surface area contributed by atoms with Crippen molar-refractivity contribution in [1.82, 2.24) is 9.78 Å². The molecule has 0 aliphatic carbocycles. The minimum absolute atomic E-state index is 0.239. The van der Waals surface area contributed by atoms with Crippen LogP contribution < -0.4 is 5.73 Å². The zero-order chi connectivity index (χ0) is 13.1. The summed E-state index contributed by atoms with van der Waals surface area (Å²) < 4.78 is 15.8. The van der Waals surface area contributed by atoms with E-state index in [1.165, 1.54) is 12.1 Å². The quantitative estimate of drug-likeness (QED) is 0.853. The highest BCUT2D eigenvalue weighted by atomic mass is 127. The fourth-order valence-electron chi connectivity index (χ4n) is 1.92. The fraction of sp³-hybridized carbons (Fsp3) is 0.308. The number of halogens is 2. The number of nitrogens with two attached hydrogens (primary N) is 1. The van der Waals surface area contributed by atoms with Crippen molar-refractivity contribution in [2.75, 3.05) is 0 Å². The molecular weight excluding hydrogens is 344 g/mol. The Balaban J connectivity index is 2.35. The number of hydrogen-bond acceptors (Lipinski definition) is 2. The fourth-order valence-corrected chi connectivity index (χ4v) is 2.73. The van der Waals surface area contributed by atoms with Crippen molar-refractivity contribution in [3.8, 4) is 0 Å². The molecular formula is C13H15FIN3. The average Bonchev–Trinajstić information content (AvgIpc) is 2.77. The lowest BCUT2D eigenvalue weighted by Crippen LogP contribution is -2.18. The van der Waals surface area contributed by atoms with Crippen molar-refractivity contribution in [2.45, 2.75) is 25.9 Å². The summed E-state index contributed by atoms with van der Waals surface area (Å²) in [6.45, 7) is 2.94. The third-order valence-corrected chi connectivity index (χ3v) is 3.74. The predicted octanol–water partition coefficient (Wildman–Crippen LogP) is 3.08. The number of nitrogens with zero attached hydrogens (tertiary/aromatic N) is 2. The van der Waals surface area contributed by atoms with Gasteiger partial charge in [0.25, 0.3) is 0 Å². The van der Waals surface area contributed by atoms with Gasteiger partial charge >= 0.3 is 0 Å². The highest BCUT2D eigenvalue weighted by Crippen LogP contribution is 2.24. The zero-order valence-electron chi connectivity index (χ0n) is 10.1. The van der Waals surface area contributed by atoms with Gasteiger partial charge in [0, 0.05) is 16.3 Å². The van der Waals surface area contributed by atoms with Gasteiger partial charge in [-0.05, 0) is 52.8 Å². The van der Waals surface area contributed by atoms with Crippen LogP contribution in [0, 0.1) is 9.39 Å². The van der Waals surface area contributed by atoms with Crippen molar-refractivity contribution in [1.29, 1.82) is 0 Å². The van der Waals surface area contributed by atoms with Crippen LogP contribution in [0.15, 0.2) is 30.5 Å². The highest BCUT2D eigenvalue weighted by Gasteiger charge is 2.16. The normalized spacial score (nSPS) is 12.7. The summed E-state index contributed by atoms with van der Waals surface area (Å²) in [5.41, 5.74) is 8.14. The number of aromatic nitrogens is 2. The van der Waals surface area contributed by atoms with Crippen LogP contribution in [0.2, 0.25) is 0 Å². The largest absolute Gasteiger partial charge is 0.319 e. The molecule has 2 aromatic rings. The van der Waals surface area contributed by atoms with Crippen molar-refractivity contribution >= 4 is 22.6 Å². The third kappa shape index (κ3) is 2.72. The maximum Gasteiger partial charge on any atom is 0.124 e. The Morgan fingerprint density at radius 1 is 1.44 bits per heavy atom. The highest BCUT2D eigenvalue weighted by molar-refractivity contribution is 14.1. The first-order valence-electron chi connectivity index (χ1n) is 5.85. The van der Waals surface area contributed by atoms with E-state index in [-0.39, 0.29) is 11.9 Å². The van der Waals surface area contributed by atoms with Gasteiger partial charge in [0.05, 0.1) is 11.7 Å². The minimum atomic E-state index is -0.272. The maximum absolute atomic E-state index is 13.1. The minimum Gasteiger partial charge on any atom is -0.319 e. The van der Waals surface area contributed by atoms with Crippen LogP contribution in [0.4, 0.5) is 4.39 Å². The maximum atomic E-state index is 13.1. The third-order valence-electron chi connectivity index (χ3n) is 2.80. The molecule has 2 N–H and O–H groups in total. The average molecular weight is 359 g/mol. The van der Waals surface area contributed by atoms with Gasteiger partial charge in [-0.2, -0.15) is 5.10 Å². The summed E-state index contributed by atoms with van der Waals surface area (Å²) in [5.74, 6) is -0.239. The van der Waals surface area contributed by atoms with E-state index in [0.29, 0.717) is 0 Å². The molecule has 3 nitrogen and oxygen atoms in total. The lowest BCUT2D eigenvalue weighted by molar-refractivity contribution is 0.558. The van der Waals surface area contributed by atoms with Gasteiger partial charge in [-0.1, -0.05) is 13.0 Å². The van der Waals surface area contributed by atoms with Gasteiger partial charge < -0.3 is 5.73 Å². The molecule has 0 bridgehead atoms. The molecule has 18 heavy (non-hydrogen) atoms. The molecule has 0 saturated heterocycles. The van der Waals surface area contributed by atoms with E-state index < -0.39 is 0 Å². The van der Waals surface area contributed by atoms with Gasteiger partial charge in [-0.15, -0.1) is 0 Å². The summed E-state index contributed by atoms with van der Waals surface area (Å²) in [6.07, 6.45) is 2.75. The Hall–Kier alpha value is -0.950. The van der Waals surface area contributed by atoms with E-state index in [4.69, 9.17) is 5.73 Å². The van der Waals surface area contributed by atoms with Gasteiger partial charge in [-0.3, -0.25) is 4.68 Å². The second-order valence-corrected chi connectivity index (χ2v) is 5.28. The van der Waals surface area contributed by atoms with Crippen LogP contribution in [0.1, 0.15) is 30.6 Å². The number of hydrogen-bond donors (Lipinski definition) is 1. The van der Waals surface area contributed by atoms with E-state index in [1.54, 1.807) is 12.3 Å². The Kier molecular flexibility index (Phi) is 4.34. The molecule has 0 amide bonds. The number of benzene rings is 1. The van der Waals surface area contributed by atoms with Crippen molar-refractivity contribution < 1.29 is 4.39 Å². The first-order chi connectivity index (χ1) is 8.63. The Morgan fingerprint density at radius 2 is 2.22 bits per heavy atom. The monoisotopic (exact) mass is 359 g/mol. The van der Waals surface area contributed by atoms with E-state index in [0.717, 1.165) is 27.8 Å². The Bertz CT molecular complexity index is 539. The van der Waals surface area contributed by atoms with Gasteiger partial charge in [0.1, 0.15) is 5.82 Å². The molecule has 0 aliphatic heterocycles. The van der Waals surface area contributed by atoms with Crippen LogP contribution in [0.3, 0.4) is 0 Å². The van der Waals surface area contributed by atoms with Crippen molar-refractivity contribution in [3.63, 3.8) is 0 Å². The van der Waals surface area contributed by atoms with Crippen LogP contribution in [0.25, 0.3) is 0 Å². The summed E-state index contributed by atoms with van der Waals surface area (Å²) >= 11 is 2.11. The lowest BCUT2D eigenvalue weighted by Gasteiger charge is -2.16. The van der Waals surface area contributed by atoms with Crippen LogP contribution >= 0.6 is 22.6 Å². The second kappa shape index (κ2) is 5.79. The Morgan fingerprint density at radius 3 is 2.89 bits per heavy atom. The summed E-state index contributed by atoms with van der Waals surface area (Å²) in [7, 11) is 0. The topological polar surface area (TPSA) is 43.8 Å². The van der Waals surface area contributed by atoms with Crippen molar-refractivity contribution in [3.05, 3.63) is 51.1 Å². The molecule has 5 heteroatoms. The molecule has 0 fully saturated rings. The van der Waals surface area contributed by atoms with E-state index in [2.05, 4.69) is 34.6 Å². The van der Waals surface area contributed by atoms with Crippen molar-refractivity contribution in [2.24, 2.45) is 5.73 Å². The predicted molar refractivity (Wildman–Crippen MR) is 77.7 cm³/mol. The second-order valence-electron chi connectivity index (χ2n) is 4.12. The number of rotatable bonds is 4. The summed E-state index contributed by atoms with van der Waals surface area (Å²) in [5, 5.41) is 4.26. The molecule has 1 unspecified atom stereocenters. The first kappa shape index (κ1) is 13.5. The molecule has 1 aromatic heterocycles. The first-order valence-corrected chi connectivity index (χ1v) is 6.93. The van der Waals surface area contributed by atoms with Crippen LogP contribution in [-0.2, 0) is 6.54 Å². The van der Waals surface area contributed by atoms with E-state index in [9.17, 15) is 4.39 Å². The molecule has 1 atom stereocenters. The zero-order valence-corrected chi connectivity index (χ0v) is 12.3. The van der Waals surface area contributed by atoms with Gasteiger partial charge in [0.15, 0.2) is 0 Å². The molecule has 0 spiro atoms. The SMILES string of the molecule is CCCn1nccc1C(N)c1ccc(F)cc1I. The Labute approximate surface area is 119 Å².